The number of nitrogen functional groups attached to an aromatic ring is 2. The Morgan fingerprint density at radius 2 is 1.87 bits per heavy atom. The second-order valence-corrected chi connectivity index (χ2v) is 9.77. The predicted molar refractivity (Wildman–Crippen MR) is 140 cm³/mol. The molecular formula is C24H27ClN10O3. The molecule has 0 aliphatic carbocycles. The van der Waals surface area contributed by atoms with Gasteiger partial charge in [-0.05, 0) is 19.8 Å². The number of nitrogens with two attached hydrogens (primary N) is 2. The Balaban J connectivity index is 1.12. The van der Waals surface area contributed by atoms with Crippen molar-refractivity contribution in [2.75, 3.05) is 31.1 Å². The molecule has 4 heterocycles. The van der Waals surface area contributed by atoms with Crippen LogP contribution in [0.4, 0.5) is 11.6 Å². The molecule has 1 aromatic carbocycles. The van der Waals surface area contributed by atoms with E-state index in [1.54, 1.807) is 0 Å². The van der Waals surface area contributed by atoms with Crippen molar-refractivity contribution in [2.24, 2.45) is 4.99 Å². The highest BCUT2D eigenvalue weighted by atomic mass is 35.5. The van der Waals surface area contributed by atoms with Crippen molar-refractivity contribution < 1.29 is 14.1 Å². The Hall–Kier alpha value is -4.26. The van der Waals surface area contributed by atoms with Gasteiger partial charge in [0, 0.05) is 38.0 Å². The molecule has 3 aromatic rings. The normalized spacial score (nSPS) is 17.4. The highest BCUT2D eigenvalue weighted by Crippen LogP contribution is 2.26. The summed E-state index contributed by atoms with van der Waals surface area (Å²) in [6, 6.07) is 7.85. The lowest BCUT2D eigenvalue weighted by Crippen LogP contribution is -2.53. The minimum absolute atomic E-state index is 0.0271. The number of nitrogens with one attached hydrogen (secondary N) is 2. The molecule has 38 heavy (non-hydrogen) atoms. The summed E-state index contributed by atoms with van der Waals surface area (Å²) in [4.78, 5) is 43.4. The lowest BCUT2D eigenvalue weighted by Gasteiger charge is -2.38. The summed E-state index contributed by atoms with van der Waals surface area (Å²) in [6.07, 6.45) is 2.03. The number of hydrogen-bond donors (Lipinski definition) is 4. The Labute approximate surface area is 223 Å². The van der Waals surface area contributed by atoms with Crippen LogP contribution in [0.3, 0.4) is 0 Å². The summed E-state index contributed by atoms with van der Waals surface area (Å²) >= 11 is 5.86. The molecule has 0 atom stereocenters. The van der Waals surface area contributed by atoms with Crippen molar-refractivity contribution in [2.45, 2.75) is 38.1 Å². The number of likely N-dealkylation sites (tertiary alicyclic amines) is 1. The molecule has 0 radical (unpaired) electrons. The zero-order chi connectivity index (χ0) is 26.9. The lowest BCUT2D eigenvalue weighted by molar-refractivity contribution is -0.132. The summed E-state index contributed by atoms with van der Waals surface area (Å²) in [6.45, 7) is 3.71. The number of carbonyl (C=O) groups excluding carboxylic acids is 2. The van der Waals surface area contributed by atoms with Crippen LogP contribution in [0.1, 0.15) is 41.2 Å². The molecule has 198 valence electrons. The Morgan fingerprint density at radius 1 is 1.13 bits per heavy atom. The van der Waals surface area contributed by atoms with Crippen molar-refractivity contribution in [3.63, 3.8) is 0 Å². The van der Waals surface area contributed by atoms with Crippen LogP contribution in [0.5, 0.6) is 0 Å². The molecule has 6 N–H and O–H groups in total. The maximum absolute atomic E-state index is 12.8. The second-order valence-electron chi connectivity index (χ2n) is 9.42. The fraction of sp³-hybridized carbons (Fsp3) is 0.375. The van der Waals surface area contributed by atoms with Crippen molar-refractivity contribution in [3.05, 3.63) is 46.6 Å². The van der Waals surface area contributed by atoms with Crippen molar-refractivity contribution in [3.8, 4) is 11.4 Å². The highest BCUT2D eigenvalue weighted by molar-refractivity contribution is 6.31. The third-order valence-electron chi connectivity index (χ3n) is 6.70. The number of amides is 2. The predicted octanol–water partition coefficient (Wildman–Crippen LogP) is 1.34. The van der Waals surface area contributed by atoms with Gasteiger partial charge in [-0.3, -0.25) is 9.59 Å². The number of aromatic nitrogens is 4. The lowest BCUT2D eigenvalue weighted by atomic mass is 9.88. The number of halogens is 1. The number of anilines is 2. The van der Waals surface area contributed by atoms with Crippen LogP contribution in [0.15, 0.2) is 33.8 Å². The number of guanidine groups is 1. The minimum Gasteiger partial charge on any atom is -0.382 e. The molecule has 2 aliphatic heterocycles. The summed E-state index contributed by atoms with van der Waals surface area (Å²) in [5.74, 6) is 0.384. The van der Waals surface area contributed by atoms with E-state index in [1.807, 2.05) is 36.1 Å². The van der Waals surface area contributed by atoms with Gasteiger partial charge in [0.25, 0.3) is 0 Å². The van der Waals surface area contributed by atoms with Gasteiger partial charge < -0.3 is 31.5 Å². The van der Waals surface area contributed by atoms with Crippen LogP contribution < -0.4 is 22.1 Å². The zero-order valence-corrected chi connectivity index (χ0v) is 21.5. The molecule has 2 amide bonds. The smallest absolute Gasteiger partial charge is 0.302 e. The number of piperidine rings is 1. The average Bonchev–Trinajstić information content (AvgIpc) is 3.53. The third kappa shape index (κ3) is 5.37. The molecule has 0 unspecified atom stereocenters. The van der Waals surface area contributed by atoms with Crippen LogP contribution in [0.25, 0.3) is 11.4 Å². The summed E-state index contributed by atoms with van der Waals surface area (Å²) in [7, 11) is 0. The maximum atomic E-state index is 12.8. The first kappa shape index (κ1) is 25.4. The quantitative estimate of drug-likeness (QED) is 0.366. The number of aryl methyl sites for hydroxylation is 2. The van der Waals surface area contributed by atoms with Crippen LogP contribution in [0, 0.1) is 6.92 Å². The molecule has 2 aromatic heterocycles. The SMILES string of the molecule is Cc1ccc(-c2noc(CCC(=O)N3CCC4(CC3)CN/C(=N\C(=O)c3nc(Cl)c(N)nc3N)N4)n2)cc1. The Morgan fingerprint density at radius 3 is 2.61 bits per heavy atom. The summed E-state index contributed by atoms with van der Waals surface area (Å²) in [5, 5.41) is 10.3. The maximum Gasteiger partial charge on any atom is 0.302 e. The van der Waals surface area contributed by atoms with E-state index >= 15 is 0 Å². The molecule has 2 saturated heterocycles. The summed E-state index contributed by atoms with van der Waals surface area (Å²) < 4.78 is 5.34. The topological polar surface area (TPSA) is 191 Å². The number of rotatable bonds is 5. The van der Waals surface area contributed by atoms with Gasteiger partial charge in [-0.2, -0.15) is 9.98 Å². The Bertz CT molecular complexity index is 1400. The molecule has 13 nitrogen and oxygen atoms in total. The molecule has 14 heteroatoms. The first-order valence-electron chi connectivity index (χ1n) is 12.1. The fourth-order valence-corrected chi connectivity index (χ4v) is 4.57. The van der Waals surface area contributed by atoms with Crippen molar-refractivity contribution in [1.82, 2.24) is 35.6 Å². The molecule has 0 saturated carbocycles. The standard InChI is InChI=1S/C24H27ClN10O3/c1-13-2-4-14(5-3-13)21-29-15(38-34-21)6-7-16(36)35-10-8-24(9-11-35)12-28-23(33-24)32-22(37)17-19(26)31-20(27)18(25)30-17/h2-5H,6-12H2,1H3,(H4,26,27,31)(H2,28,32,33,37). The van der Waals surface area contributed by atoms with E-state index < -0.39 is 5.91 Å². The largest absolute Gasteiger partial charge is 0.382 e. The minimum atomic E-state index is -0.692. The number of carbonyl (C=O) groups is 2. The molecule has 2 fully saturated rings. The van der Waals surface area contributed by atoms with Gasteiger partial charge in [0.15, 0.2) is 28.4 Å². The molecule has 5 rings (SSSR count). The average molecular weight is 539 g/mol. The van der Waals surface area contributed by atoms with Crippen molar-refractivity contribution >= 4 is 41.0 Å². The van der Waals surface area contributed by atoms with Gasteiger partial charge in [0.2, 0.25) is 17.6 Å². The number of aliphatic imine (C=N–C) groups is 1. The summed E-state index contributed by atoms with van der Waals surface area (Å²) in [5.41, 5.74) is 12.8. The first-order chi connectivity index (χ1) is 18.2. The second kappa shape index (κ2) is 10.2. The van der Waals surface area contributed by atoms with E-state index in [0.717, 1.165) is 11.1 Å². The number of nitrogens with zero attached hydrogens (tertiary/aromatic N) is 6. The fourth-order valence-electron chi connectivity index (χ4n) is 4.45. The monoisotopic (exact) mass is 538 g/mol. The van der Waals surface area contributed by atoms with Crippen LogP contribution >= 0.6 is 11.6 Å². The van der Waals surface area contributed by atoms with Crippen LogP contribution in [-0.4, -0.2) is 68.0 Å². The molecule has 0 bridgehead atoms. The van der Waals surface area contributed by atoms with E-state index in [9.17, 15) is 9.59 Å². The van der Waals surface area contributed by atoms with E-state index in [2.05, 4.69) is 35.7 Å². The van der Waals surface area contributed by atoms with E-state index in [0.29, 0.717) is 56.6 Å². The third-order valence-corrected chi connectivity index (χ3v) is 6.98. The first-order valence-corrected chi connectivity index (χ1v) is 12.5. The Kier molecular flexibility index (Phi) is 6.85. The van der Waals surface area contributed by atoms with Crippen molar-refractivity contribution in [1.29, 1.82) is 0 Å². The van der Waals surface area contributed by atoms with E-state index in [1.165, 1.54) is 0 Å². The van der Waals surface area contributed by atoms with Gasteiger partial charge in [-0.15, -0.1) is 0 Å². The van der Waals surface area contributed by atoms with E-state index in [4.69, 9.17) is 27.6 Å². The molecule has 1 spiro atoms. The molecule has 2 aliphatic rings. The van der Waals surface area contributed by atoms with Gasteiger partial charge in [-0.1, -0.05) is 46.6 Å². The highest BCUT2D eigenvalue weighted by Gasteiger charge is 2.40. The van der Waals surface area contributed by atoms with Gasteiger partial charge in [0.05, 0.1) is 5.54 Å². The number of hydrogen-bond acceptors (Lipinski definition) is 9. The van der Waals surface area contributed by atoms with E-state index in [-0.39, 0.29) is 40.3 Å². The van der Waals surface area contributed by atoms with Crippen LogP contribution in [0.2, 0.25) is 5.15 Å². The zero-order valence-electron chi connectivity index (χ0n) is 20.7. The van der Waals surface area contributed by atoms with Gasteiger partial charge in [0.1, 0.15) is 0 Å². The van der Waals surface area contributed by atoms with Gasteiger partial charge in [-0.25, -0.2) is 9.97 Å². The van der Waals surface area contributed by atoms with Crippen LogP contribution in [-0.2, 0) is 11.2 Å². The van der Waals surface area contributed by atoms with Gasteiger partial charge >= 0.3 is 5.91 Å². The molecular weight excluding hydrogens is 512 g/mol. The number of benzene rings is 1.